The number of aromatic nitrogens is 2. The lowest BCUT2D eigenvalue weighted by atomic mass is 10.2. The molecule has 148 valence electrons. The zero-order valence-corrected chi connectivity index (χ0v) is 16.4. The summed E-state index contributed by atoms with van der Waals surface area (Å²) in [5, 5.41) is 11.0. The molecule has 0 aliphatic rings. The highest BCUT2D eigenvalue weighted by atomic mass is 35.5. The molecule has 2 N–H and O–H groups in total. The van der Waals surface area contributed by atoms with Crippen LogP contribution < -0.4 is 14.9 Å². The van der Waals surface area contributed by atoms with Gasteiger partial charge in [0.05, 0.1) is 18.9 Å². The van der Waals surface area contributed by atoms with Crippen molar-refractivity contribution in [3.8, 4) is 11.5 Å². The molecule has 1 amide bonds. The number of nitrogens with zero attached hydrogens (tertiary/aromatic N) is 2. The lowest BCUT2D eigenvalue weighted by Gasteiger charge is -2.10. The van der Waals surface area contributed by atoms with Crippen molar-refractivity contribution in [2.45, 2.75) is 6.92 Å². The maximum atomic E-state index is 12.3. The van der Waals surface area contributed by atoms with Gasteiger partial charge in [-0.1, -0.05) is 11.6 Å². The van der Waals surface area contributed by atoms with Crippen LogP contribution in [0.2, 0.25) is 5.02 Å². The van der Waals surface area contributed by atoms with Gasteiger partial charge in [0.25, 0.3) is 5.91 Å². The molecule has 3 aromatic rings. The molecule has 8 nitrogen and oxygen atoms in total. The molecular formula is C20H17ClN4O4. The molecule has 0 radical (unpaired) electrons. The molecule has 0 saturated carbocycles. The Bertz CT molecular complexity index is 1060. The molecule has 0 unspecified atom stereocenters. The number of benzene rings is 2. The third-order valence-corrected chi connectivity index (χ3v) is 4.04. The molecule has 1 aromatic heterocycles. The van der Waals surface area contributed by atoms with Crippen molar-refractivity contribution in [1.29, 1.82) is 0 Å². The van der Waals surface area contributed by atoms with Crippen LogP contribution >= 0.6 is 11.6 Å². The zero-order chi connectivity index (χ0) is 20.8. The fraction of sp³-hybridized carbons (Fsp3) is 0.100. The normalized spacial score (nSPS) is 10.7. The van der Waals surface area contributed by atoms with Crippen molar-refractivity contribution in [3.63, 3.8) is 0 Å². The van der Waals surface area contributed by atoms with Crippen molar-refractivity contribution in [2.75, 3.05) is 7.11 Å². The lowest BCUT2D eigenvalue weighted by Crippen LogP contribution is -2.18. The van der Waals surface area contributed by atoms with E-state index in [2.05, 4.69) is 20.7 Å². The number of aryl methyl sites for hydroxylation is 1. The minimum Gasteiger partial charge on any atom is -0.493 e. The van der Waals surface area contributed by atoms with E-state index in [1.54, 1.807) is 55.5 Å². The van der Waals surface area contributed by atoms with Crippen LogP contribution in [0.25, 0.3) is 0 Å². The molecule has 9 heteroatoms. The van der Waals surface area contributed by atoms with Gasteiger partial charge in [0.15, 0.2) is 17.2 Å². The van der Waals surface area contributed by atoms with E-state index in [1.807, 2.05) is 0 Å². The van der Waals surface area contributed by atoms with Gasteiger partial charge in [-0.3, -0.25) is 9.89 Å². The van der Waals surface area contributed by atoms with Gasteiger partial charge in [0.1, 0.15) is 0 Å². The summed E-state index contributed by atoms with van der Waals surface area (Å²) in [6.45, 7) is 1.79. The highest BCUT2D eigenvalue weighted by molar-refractivity contribution is 6.30. The van der Waals surface area contributed by atoms with Gasteiger partial charge < -0.3 is 9.47 Å². The standard InChI is InChI=1S/C20H17ClN4O4/c1-12-9-16(24-23-12)19(26)25-22-11-13-3-8-17(18(10-13)28-2)29-20(27)14-4-6-15(21)7-5-14/h3-11H,1-2H3,(H,23,24)(H,25,26). The van der Waals surface area contributed by atoms with E-state index in [0.717, 1.165) is 5.69 Å². The predicted octanol–water partition coefficient (Wildman–Crippen LogP) is 3.36. The number of halogens is 1. The second kappa shape index (κ2) is 9.03. The van der Waals surface area contributed by atoms with E-state index in [4.69, 9.17) is 21.1 Å². The Balaban J connectivity index is 1.67. The molecule has 0 fully saturated rings. The number of ether oxygens (including phenoxy) is 2. The minimum atomic E-state index is -0.539. The highest BCUT2D eigenvalue weighted by Gasteiger charge is 2.13. The van der Waals surface area contributed by atoms with Crippen molar-refractivity contribution < 1.29 is 19.1 Å². The number of hydrazone groups is 1. The molecule has 1 heterocycles. The van der Waals surface area contributed by atoms with Gasteiger partial charge in [-0.15, -0.1) is 0 Å². The van der Waals surface area contributed by atoms with Crippen LogP contribution in [0, 0.1) is 6.92 Å². The Morgan fingerprint density at radius 1 is 1.14 bits per heavy atom. The number of aromatic amines is 1. The molecule has 0 aliphatic carbocycles. The number of carbonyl (C=O) groups is 2. The van der Waals surface area contributed by atoms with Crippen molar-refractivity contribution in [1.82, 2.24) is 15.6 Å². The molecule has 2 aromatic carbocycles. The maximum absolute atomic E-state index is 12.3. The minimum absolute atomic E-state index is 0.238. The van der Waals surface area contributed by atoms with Crippen LogP contribution in [0.4, 0.5) is 0 Å². The average Bonchev–Trinajstić information content (AvgIpc) is 3.15. The fourth-order valence-electron chi connectivity index (χ4n) is 2.35. The summed E-state index contributed by atoms with van der Waals surface area (Å²) >= 11 is 5.82. The van der Waals surface area contributed by atoms with Gasteiger partial charge in [0.2, 0.25) is 0 Å². The summed E-state index contributed by atoms with van der Waals surface area (Å²) in [6, 6.07) is 12.8. The van der Waals surface area contributed by atoms with Crippen LogP contribution in [0.15, 0.2) is 53.6 Å². The third-order valence-electron chi connectivity index (χ3n) is 3.79. The second-order valence-electron chi connectivity index (χ2n) is 5.94. The van der Waals surface area contributed by atoms with Crippen LogP contribution in [-0.4, -0.2) is 35.4 Å². The van der Waals surface area contributed by atoms with E-state index in [0.29, 0.717) is 21.9 Å². The third kappa shape index (κ3) is 5.20. The van der Waals surface area contributed by atoms with Gasteiger partial charge in [-0.05, 0) is 61.0 Å². The zero-order valence-electron chi connectivity index (χ0n) is 15.6. The Labute approximate surface area is 171 Å². The molecule has 0 aliphatic heterocycles. The smallest absolute Gasteiger partial charge is 0.343 e. The molecule has 0 atom stereocenters. The van der Waals surface area contributed by atoms with Gasteiger partial charge >= 0.3 is 5.97 Å². The number of nitrogens with one attached hydrogen (secondary N) is 2. The summed E-state index contributed by atoms with van der Waals surface area (Å²) in [4.78, 5) is 24.2. The van der Waals surface area contributed by atoms with Crippen molar-refractivity contribution >= 4 is 29.7 Å². The first-order valence-corrected chi connectivity index (χ1v) is 8.85. The Hall–Kier alpha value is -3.65. The number of carbonyl (C=O) groups excluding carboxylic acids is 2. The van der Waals surface area contributed by atoms with Crippen molar-refractivity contribution in [2.24, 2.45) is 5.10 Å². The van der Waals surface area contributed by atoms with Gasteiger partial charge in [-0.25, -0.2) is 10.2 Å². The van der Waals surface area contributed by atoms with E-state index in [1.165, 1.54) is 13.3 Å². The number of methoxy groups -OCH3 is 1. The van der Waals surface area contributed by atoms with Crippen LogP contribution in [-0.2, 0) is 0 Å². The average molecular weight is 413 g/mol. The van der Waals surface area contributed by atoms with Crippen LogP contribution in [0.5, 0.6) is 11.5 Å². The summed E-state index contributed by atoms with van der Waals surface area (Å²) in [6.07, 6.45) is 1.44. The second-order valence-corrected chi connectivity index (χ2v) is 6.38. The SMILES string of the molecule is COc1cc(C=NNC(=O)c2cc(C)[nH]n2)ccc1OC(=O)c1ccc(Cl)cc1. The largest absolute Gasteiger partial charge is 0.493 e. The highest BCUT2D eigenvalue weighted by Crippen LogP contribution is 2.28. The molecular weight excluding hydrogens is 396 g/mol. The Morgan fingerprint density at radius 2 is 1.90 bits per heavy atom. The summed E-state index contributed by atoms with van der Waals surface area (Å²) in [5.74, 6) is -0.389. The maximum Gasteiger partial charge on any atom is 0.343 e. The number of H-pyrrole nitrogens is 1. The Morgan fingerprint density at radius 3 is 2.55 bits per heavy atom. The lowest BCUT2D eigenvalue weighted by molar-refractivity contribution is 0.0729. The number of rotatable bonds is 6. The first-order chi connectivity index (χ1) is 14.0. The number of hydrogen-bond donors (Lipinski definition) is 2. The molecule has 29 heavy (non-hydrogen) atoms. The topological polar surface area (TPSA) is 106 Å². The van der Waals surface area contributed by atoms with Gasteiger partial charge in [-0.2, -0.15) is 10.2 Å². The predicted molar refractivity (Wildman–Crippen MR) is 108 cm³/mol. The van der Waals surface area contributed by atoms with E-state index < -0.39 is 11.9 Å². The van der Waals surface area contributed by atoms with Crippen LogP contribution in [0.1, 0.15) is 32.1 Å². The summed E-state index contributed by atoms with van der Waals surface area (Å²) < 4.78 is 10.7. The summed E-state index contributed by atoms with van der Waals surface area (Å²) in [7, 11) is 1.46. The van der Waals surface area contributed by atoms with E-state index in [9.17, 15) is 9.59 Å². The first-order valence-electron chi connectivity index (χ1n) is 8.47. The molecule has 0 saturated heterocycles. The quantitative estimate of drug-likeness (QED) is 0.279. The van der Waals surface area contributed by atoms with Gasteiger partial charge in [0, 0.05) is 10.7 Å². The number of hydrogen-bond acceptors (Lipinski definition) is 6. The first kappa shape index (κ1) is 20.1. The summed E-state index contributed by atoms with van der Waals surface area (Å²) in [5.41, 5.74) is 4.38. The Kier molecular flexibility index (Phi) is 6.25. The van der Waals surface area contributed by atoms with Crippen LogP contribution in [0.3, 0.4) is 0 Å². The molecule has 0 spiro atoms. The van der Waals surface area contributed by atoms with E-state index >= 15 is 0 Å². The molecule has 0 bridgehead atoms. The number of esters is 1. The number of amides is 1. The fourth-order valence-corrected chi connectivity index (χ4v) is 2.48. The van der Waals surface area contributed by atoms with E-state index in [-0.39, 0.29) is 11.4 Å². The van der Waals surface area contributed by atoms with Crippen molar-refractivity contribution in [3.05, 3.63) is 76.1 Å². The molecule has 3 rings (SSSR count). The monoisotopic (exact) mass is 412 g/mol.